The Bertz CT molecular complexity index is 751. The fraction of sp³-hybridized carbons (Fsp3) is 0.429. The van der Waals surface area contributed by atoms with Crippen molar-refractivity contribution >= 4 is 34.7 Å². The molecule has 0 aliphatic carbocycles. The molecule has 0 fully saturated rings. The minimum absolute atomic E-state index is 0.0221. The van der Waals surface area contributed by atoms with Crippen LogP contribution >= 0.6 is 11.6 Å². The summed E-state index contributed by atoms with van der Waals surface area (Å²) < 4.78 is 6.58. The van der Waals surface area contributed by atoms with Gasteiger partial charge >= 0.3 is 12.1 Å². The smallest absolute Gasteiger partial charge is 0.407 e. The molecule has 0 aliphatic heterocycles. The number of carboxylic acids is 1. The van der Waals surface area contributed by atoms with Crippen LogP contribution in [0.25, 0.3) is 11.0 Å². The van der Waals surface area contributed by atoms with Crippen LogP contribution in [-0.2, 0) is 11.3 Å². The van der Waals surface area contributed by atoms with E-state index in [1.165, 1.54) is 16.8 Å². The summed E-state index contributed by atoms with van der Waals surface area (Å²) in [5, 5.41) is 12.4. The molecule has 2 N–H and O–H groups in total. The van der Waals surface area contributed by atoms with E-state index in [4.69, 9.17) is 16.3 Å². The van der Waals surface area contributed by atoms with Gasteiger partial charge in [-0.2, -0.15) is 4.98 Å². The Morgan fingerprint density at radius 1 is 1.43 bits per heavy atom. The average Bonchev–Trinajstić information content (AvgIpc) is 2.75. The molecule has 1 amide bonds. The highest BCUT2D eigenvalue weighted by Gasteiger charge is 2.18. The van der Waals surface area contributed by atoms with Crippen molar-refractivity contribution in [1.82, 2.24) is 19.9 Å². The van der Waals surface area contributed by atoms with Crippen molar-refractivity contribution in [3.8, 4) is 0 Å². The fourth-order valence-corrected chi connectivity index (χ4v) is 2.13. The van der Waals surface area contributed by atoms with Gasteiger partial charge in [-0.15, -0.1) is 0 Å². The van der Waals surface area contributed by atoms with Crippen LogP contribution in [0.2, 0.25) is 5.28 Å². The minimum Gasteiger partial charge on any atom is -0.477 e. The number of carboxylic acid groups (broad SMARTS) is 1. The molecule has 0 radical (unpaired) electrons. The van der Waals surface area contributed by atoms with Crippen molar-refractivity contribution in [3.05, 3.63) is 23.2 Å². The first-order chi connectivity index (χ1) is 10.7. The van der Waals surface area contributed by atoms with Crippen molar-refractivity contribution in [2.24, 2.45) is 0 Å². The molecule has 8 nitrogen and oxygen atoms in total. The van der Waals surface area contributed by atoms with E-state index in [2.05, 4.69) is 15.3 Å². The van der Waals surface area contributed by atoms with Gasteiger partial charge in [0.25, 0.3) is 0 Å². The predicted molar refractivity (Wildman–Crippen MR) is 83.7 cm³/mol. The standard InChI is InChI=1S/C14H17ClN4O4/c1-14(2,3)23-13(22)16-4-5-19-9(11(20)21)6-8-7-17-12(15)18-10(8)19/h6-7H,4-5H2,1-3H3,(H,16,22)(H,20,21). The van der Waals surface area contributed by atoms with E-state index in [0.29, 0.717) is 11.0 Å². The van der Waals surface area contributed by atoms with E-state index in [1.807, 2.05) is 0 Å². The second-order valence-electron chi connectivity index (χ2n) is 5.83. The number of rotatable bonds is 4. The Hall–Kier alpha value is -2.35. The zero-order valence-electron chi connectivity index (χ0n) is 13.0. The van der Waals surface area contributed by atoms with E-state index in [-0.39, 0.29) is 24.1 Å². The Balaban J connectivity index is 2.15. The van der Waals surface area contributed by atoms with Crippen LogP contribution in [0.5, 0.6) is 0 Å². The number of aromatic nitrogens is 3. The maximum atomic E-state index is 11.6. The van der Waals surface area contributed by atoms with E-state index < -0.39 is 17.7 Å². The molecule has 0 saturated heterocycles. The SMILES string of the molecule is CC(C)(C)OC(=O)NCCn1c(C(=O)O)cc2cnc(Cl)nc21. The van der Waals surface area contributed by atoms with Gasteiger partial charge in [0.15, 0.2) is 0 Å². The van der Waals surface area contributed by atoms with E-state index in [0.717, 1.165) is 0 Å². The molecular weight excluding hydrogens is 324 g/mol. The number of hydrogen-bond donors (Lipinski definition) is 2. The lowest BCUT2D eigenvalue weighted by molar-refractivity contribution is 0.0526. The summed E-state index contributed by atoms with van der Waals surface area (Å²) in [5.41, 5.74) is -0.159. The van der Waals surface area contributed by atoms with Crippen LogP contribution in [-0.4, -0.2) is 43.8 Å². The van der Waals surface area contributed by atoms with Crippen LogP contribution in [0.4, 0.5) is 4.79 Å². The number of nitrogens with zero attached hydrogens (tertiary/aromatic N) is 3. The van der Waals surface area contributed by atoms with Gasteiger partial charge in [0.2, 0.25) is 5.28 Å². The molecule has 0 aliphatic rings. The molecule has 0 aromatic carbocycles. The van der Waals surface area contributed by atoms with Crippen LogP contribution in [0, 0.1) is 0 Å². The summed E-state index contributed by atoms with van der Waals surface area (Å²) in [6, 6.07) is 1.46. The first-order valence-electron chi connectivity index (χ1n) is 6.89. The molecule has 0 unspecified atom stereocenters. The molecule has 2 rings (SSSR count). The third kappa shape index (κ3) is 4.32. The zero-order valence-corrected chi connectivity index (χ0v) is 13.7. The van der Waals surface area contributed by atoms with Gasteiger partial charge in [-0.3, -0.25) is 0 Å². The Labute approximate surface area is 137 Å². The molecule has 0 atom stereocenters. The highest BCUT2D eigenvalue weighted by atomic mass is 35.5. The highest BCUT2D eigenvalue weighted by Crippen LogP contribution is 2.19. The number of hydrogen-bond acceptors (Lipinski definition) is 5. The number of alkyl carbamates (subject to hydrolysis) is 1. The Kier molecular flexibility index (Phi) is 4.74. The van der Waals surface area contributed by atoms with E-state index >= 15 is 0 Å². The summed E-state index contributed by atoms with van der Waals surface area (Å²) >= 11 is 5.76. The fourth-order valence-electron chi connectivity index (χ4n) is 2.01. The second kappa shape index (κ2) is 6.41. The summed E-state index contributed by atoms with van der Waals surface area (Å²) in [6.45, 7) is 5.66. The number of carbonyl (C=O) groups is 2. The summed E-state index contributed by atoms with van der Waals surface area (Å²) in [5.74, 6) is -1.10. The second-order valence-corrected chi connectivity index (χ2v) is 6.17. The first-order valence-corrected chi connectivity index (χ1v) is 7.27. The average molecular weight is 341 g/mol. The van der Waals surface area contributed by atoms with Crippen molar-refractivity contribution in [3.63, 3.8) is 0 Å². The van der Waals surface area contributed by atoms with Crippen LogP contribution < -0.4 is 5.32 Å². The quantitative estimate of drug-likeness (QED) is 0.827. The van der Waals surface area contributed by atoms with Gasteiger partial charge in [0.05, 0.1) is 0 Å². The number of carbonyl (C=O) groups excluding carboxylic acids is 1. The molecular formula is C14H17ClN4O4. The number of nitrogens with one attached hydrogen (secondary N) is 1. The molecule has 124 valence electrons. The van der Waals surface area contributed by atoms with Crippen molar-refractivity contribution in [2.45, 2.75) is 32.9 Å². The van der Waals surface area contributed by atoms with E-state index in [1.54, 1.807) is 20.8 Å². The normalized spacial score (nSPS) is 11.5. The van der Waals surface area contributed by atoms with Crippen LogP contribution in [0.15, 0.2) is 12.3 Å². The lowest BCUT2D eigenvalue weighted by Crippen LogP contribution is -2.34. The molecule has 0 bridgehead atoms. The number of fused-ring (bicyclic) bond motifs is 1. The molecule has 9 heteroatoms. The monoisotopic (exact) mass is 340 g/mol. The summed E-state index contributed by atoms with van der Waals surface area (Å²) in [4.78, 5) is 30.8. The van der Waals surface area contributed by atoms with Gasteiger partial charge in [-0.25, -0.2) is 14.6 Å². The number of amides is 1. The van der Waals surface area contributed by atoms with Crippen LogP contribution in [0.1, 0.15) is 31.3 Å². The maximum Gasteiger partial charge on any atom is 0.407 e. The number of ether oxygens (including phenoxy) is 1. The Morgan fingerprint density at radius 2 is 2.13 bits per heavy atom. The molecule has 2 heterocycles. The van der Waals surface area contributed by atoms with Gasteiger partial charge in [-0.1, -0.05) is 0 Å². The molecule has 2 aromatic rings. The lowest BCUT2D eigenvalue weighted by Gasteiger charge is -2.19. The zero-order chi connectivity index (χ0) is 17.2. The summed E-state index contributed by atoms with van der Waals surface area (Å²) in [7, 11) is 0. The van der Waals surface area contributed by atoms with Gasteiger partial charge in [-0.05, 0) is 38.4 Å². The van der Waals surface area contributed by atoms with Crippen molar-refractivity contribution in [1.29, 1.82) is 0 Å². The first kappa shape index (κ1) is 17.0. The van der Waals surface area contributed by atoms with Gasteiger partial charge in [0.1, 0.15) is 16.9 Å². The minimum atomic E-state index is -1.10. The molecule has 0 spiro atoms. The summed E-state index contributed by atoms with van der Waals surface area (Å²) in [6.07, 6.45) is 0.882. The molecule has 0 saturated carbocycles. The third-order valence-electron chi connectivity index (χ3n) is 2.83. The lowest BCUT2D eigenvalue weighted by atomic mass is 10.2. The molecule has 23 heavy (non-hydrogen) atoms. The van der Waals surface area contributed by atoms with Crippen molar-refractivity contribution < 1.29 is 19.4 Å². The Morgan fingerprint density at radius 3 is 2.74 bits per heavy atom. The predicted octanol–water partition coefficient (Wildman–Crippen LogP) is 2.31. The van der Waals surface area contributed by atoms with Crippen molar-refractivity contribution in [2.75, 3.05) is 6.54 Å². The highest BCUT2D eigenvalue weighted by molar-refractivity contribution is 6.28. The third-order valence-corrected chi connectivity index (χ3v) is 3.01. The largest absolute Gasteiger partial charge is 0.477 e. The number of aromatic carboxylic acids is 1. The van der Waals surface area contributed by atoms with Crippen LogP contribution in [0.3, 0.4) is 0 Å². The topological polar surface area (TPSA) is 106 Å². The maximum absolute atomic E-state index is 11.6. The molecule has 2 aromatic heterocycles. The van der Waals surface area contributed by atoms with Gasteiger partial charge < -0.3 is 19.7 Å². The van der Waals surface area contributed by atoms with Gasteiger partial charge in [0, 0.05) is 24.7 Å². The number of halogens is 1. The van der Waals surface area contributed by atoms with E-state index in [9.17, 15) is 14.7 Å².